The van der Waals surface area contributed by atoms with Gasteiger partial charge in [-0.05, 0) is 33.6 Å². The van der Waals surface area contributed by atoms with Gasteiger partial charge in [-0.1, -0.05) is 19.1 Å². The van der Waals surface area contributed by atoms with Crippen molar-refractivity contribution >= 4 is 12.3 Å². The van der Waals surface area contributed by atoms with Gasteiger partial charge in [-0.25, -0.2) is 4.89 Å². The molecule has 1 atom stereocenters. The van der Waals surface area contributed by atoms with E-state index in [-0.39, 0.29) is 19.2 Å². The third kappa shape index (κ3) is 9.65. The molecule has 1 unspecified atom stereocenters. The number of aldehydes is 1. The van der Waals surface area contributed by atoms with Crippen LogP contribution in [0.15, 0.2) is 12.2 Å². The SMILES string of the molecule is C=C(C)COOC(COCCCC=O)OC(=O)C(C)(C)CC. The zero-order valence-corrected chi connectivity index (χ0v) is 14.1. The van der Waals surface area contributed by atoms with E-state index < -0.39 is 11.7 Å². The minimum absolute atomic E-state index is 0.0422. The highest BCUT2D eigenvalue weighted by Gasteiger charge is 2.30. The van der Waals surface area contributed by atoms with Crippen molar-refractivity contribution in [2.75, 3.05) is 19.8 Å². The van der Waals surface area contributed by atoms with Crippen molar-refractivity contribution in [3.8, 4) is 0 Å². The van der Waals surface area contributed by atoms with Gasteiger partial charge in [0.05, 0.1) is 5.41 Å². The first-order valence-electron chi connectivity index (χ1n) is 7.48. The van der Waals surface area contributed by atoms with Gasteiger partial charge in [-0.15, -0.1) is 0 Å². The first kappa shape index (κ1) is 20.8. The molecular formula is C16H28O6. The lowest BCUT2D eigenvalue weighted by Gasteiger charge is -2.24. The molecule has 0 spiro atoms. The lowest BCUT2D eigenvalue weighted by atomic mass is 9.91. The maximum atomic E-state index is 12.1. The van der Waals surface area contributed by atoms with Crippen molar-refractivity contribution in [1.29, 1.82) is 0 Å². The summed E-state index contributed by atoms with van der Waals surface area (Å²) in [5.41, 5.74) is 0.180. The average Bonchev–Trinajstić information content (AvgIpc) is 2.46. The molecule has 0 heterocycles. The van der Waals surface area contributed by atoms with E-state index in [2.05, 4.69) is 6.58 Å². The summed E-state index contributed by atoms with van der Waals surface area (Å²) in [5, 5.41) is 0. The molecule has 0 fully saturated rings. The molecule has 22 heavy (non-hydrogen) atoms. The van der Waals surface area contributed by atoms with Crippen LogP contribution in [0.25, 0.3) is 0 Å². The van der Waals surface area contributed by atoms with Crippen LogP contribution in [0.3, 0.4) is 0 Å². The molecule has 0 saturated heterocycles. The topological polar surface area (TPSA) is 71.1 Å². The number of ether oxygens (including phenoxy) is 2. The molecule has 0 aromatic heterocycles. The Labute approximate surface area is 132 Å². The van der Waals surface area contributed by atoms with Crippen molar-refractivity contribution in [2.45, 2.75) is 53.2 Å². The zero-order valence-electron chi connectivity index (χ0n) is 14.1. The zero-order chi connectivity index (χ0) is 17.0. The number of esters is 1. The van der Waals surface area contributed by atoms with Gasteiger partial charge in [0.1, 0.15) is 19.5 Å². The Hall–Kier alpha value is -1.24. The summed E-state index contributed by atoms with van der Waals surface area (Å²) in [4.78, 5) is 32.3. The normalized spacial score (nSPS) is 12.7. The molecule has 128 valence electrons. The van der Waals surface area contributed by atoms with Crippen LogP contribution in [-0.2, 0) is 28.8 Å². The molecule has 0 rings (SSSR count). The van der Waals surface area contributed by atoms with E-state index in [4.69, 9.17) is 19.2 Å². The van der Waals surface area contributed by atoms with Crippen LogP contribution >= 0.6 is 0 Å². The van der Waals surface area contributed by atoms with E-state index in [1.807, 2.05) is 6.92 Å². The van der Waals surface area contributed by atoms with Gasteiger partial charge in [0.15, 0.2) is 0 Å². The fourth-order valence-corrected chi connectivity index (χ4v) is 1.16. The Bertz CT molecular complexity index is 351. The summed E-state index contributed by atoms with van der Waals surface area (Å²) in [5.74, 6) is -0.379. The highest BCUT2D eigenvalue weighted by Crippen LogP contribution is 2.22. The summed E-state index contributed by atoms with van der Waals surface area (Å²) in [6, 6.07) is 0. The fraction of sp³-hybridized carbons (Fsp3) is 0.750. The summed E-state index contributed by atoms with van der Waals surface area (Å²) in [6.45, 7) is 11.6. The third-order valence-electron chi connectivity index (χ3n) is 3.02. The molecule has 0 aromatic carbocycles. The lowest BCUT2D eigenvalue weighted by Crippen LogP contribution is -2.34. The molecule has 0 aromatic rings. The number of unbranched alkanes of at least 4 members (excludes halogenated alkanes) is 1. The van der Waals surface area contributed by atoms with Crippen LogP contribution in [0.5, 0.6) is 0 Å². The maximum Gasteiger partial charge on any atom is 0.313 e. The molecule has 0 bridgehead atoms. The molecule has 0 aliphatic rings. The van der Waals surface area contributed by atoms with E-state index in [1.54, 1.807) is 20.8 Å². The molecule has 0 radical (unpaired) electrons. The van der Waals surface area contributed by atoms with Gasteiger partial charge < -0.3 is 14.3 Å². The van der Waals surface area contributed by atoms with Crippen LogP contribution in [0.1, 0.15) is 47.0 Å². The highest BCUT2D eigenvalue weighted by atomic mass is 17.2. The van der Waals surface area contributed by atoms with Gasteiger partial charge in [0, 0.05) is 13.0 Å². The van der Waals surface area contributed by atoms with Crippen LogP contribution in [-0.4, -0.2) is 38.4 Å². The highest BCUT2D eigenvalue weighted by molar-refractivity contribution is 5.75. The molecule has 0 aliphatic heterocycles. The fourth-order valence-electron chi connectivity index (χ4n) is 1.16. The van der Waals surface area contributed by atoms with Gasteiger partial charge in [0.25, 0.3) is 6.29 Å². The van der Waals surface area contributed by atoms with Gasteiger partial charge >= 0.3 is 5.97 Å². The first-order valence-corrected chi connectivity index (χ1v) is 7.48. The number of carbonyl (C=O) groups is 2. The van der Waals surface area contributed by atoms with Gasteiger partial charge in [-0.2, -0.15) is 4.89 Å². The Kier molecular flexibility index (Phi) is 10.7. The smallest absolute Gasteiger partial charge is 0.313 e. The number of hydrogen-bond donors (Lipinski definition) is 0. The number of carbonyl (C=O) groups excluding carboxylic acids is 2. The van der Waals surface area contributed by atoms with Crippen molar-refractivity contribution in [2.24, 2.45) is 5.41 Å². The number of hydrogen-bond acceptors (Lipinski definition) is 6. The van der Waals surface area contributed by atoms with Crippen LogP contribution in [0.2, 0.25) is 0 Å². The second-order valence-electron chi connectivity index (χ2n) is 5.77. The minimum atomic E-state index is -0.950. The molecule has 0 aliphatic carbocycles. The summed E-state index contributed by atoms with van der Waals surface area (Å²) in [6.07, 6.45) is 1.56. The van der Waals surface area contributed by atoms with Crippen LogP contribution in [0, 0.1) is 5.41 Å². The van der Waals surface area contributed by atoms with Crippen molar-refractivity contribution < 1.29 is 28.8 Å². The Balaban J connectivity index is 4.34. The van der Waals surface area contributed by atoms with Crippen molar-refractivity contribution in [1.82, 2.24) is 0 Å². The number of rotatable bonds is 13. The van der Waals surface area contributed by atoms with Crippen molar-refractivity contribution in [3.05, 3.63) is 12.2 Å². The van der Waals surface area contributed by atoms with E-state index >= 15 is 0 Å². The predicted octanol–water partition coefficient (Wildman–Crippen LogP) is 2.81. The van der Waals surface area contributed by atoms with E-state index in [9.17, 15) is 9.59 Å². The Morgan fingerprint density at radius 3 is 2.59 bits per heavy atom. The molecule has 0 N–H and O–H groups in total. The monoisotopic (exact) mass is 316 g/mol. The largest absolute Gasteiger partial charge is 0.430 e. The van der Waals surface area contributed by atoms with E-state index in [0.717, 1.165) is 11.9 Å². The quantitative estimate of drug-likeness (QED) is 0.0989. The molecule has 6 nitrogen and oxygen atoms in total. The summed E-state index contributed by atoms with van der Waals surface area (Å²) < 4.78 is 10.6. The lowest BCUT2D eigenvalue weighted by molar-refractivity contribution is -0.374. The Morgan fingerprint density at radius 2 is 2.05 bits per heavy atom. The summed E-state index contributed by atoms with van der Waals surface area (Å²) >= 11 is 0. The van der Waals surface area contributed by atoms with E-state index in [0.29, 0.717) is 25.9 Å². The molecule has 0 saturated carbocycles. The third-order valence-corrected chi connectivity index (χ3v) is 3.02. The van der Waals surface area contributed by atoms with Gasteiger partial charge in [0.2, 0.25) is 0 Å². The summed E-state index contributed by atoms with van der Waals surface area (Å²) in [7, 11) is 0. The molecule has 6 heteroatoms. The van der Waals surface area contributed by atoms with Crippen molar-refractivity contribution in [3.63, 3.8) is 0 Å². The maximum absolute atomic E-state index is 12.1. The van der Waals surface area contributed by atoms with Crippen LogP contribution < -0.4 is 0 Å². The first-order chi connectivity index (χ1) is 10.3. The second-order valence-corrected chi connectivity index (χ2v) is 5.77. The standard InChI is InChI=1S/C16H28O6/c1-6-16(4,5)15(18)21-14(22-20-11-13(2)3)12-19-10-8-7-9-17/h9,14H,2,6-8,10-12H2,1,3-5H3. The Morgan fingerprint density at radius 1 is 1.36 bits per heavy atom. The second kappa shape index (κ2) is 11.3. The molecule has 0 amide bonds. The van der Waals surface area contributed by atoms with Gasteiger partial charge in [-0.3, -0.25) is 4.79 Å². The average molecular weight is 316 g/mol. The van der Waals surface area contributed by atoms with Crippen LogP contribution in [0.4, 0.5) is 0 Å². The predicted molar refractivity (Wildman–Crippen MR) is 81.9 cm³/mol. The molecular weight excluding hydrogens is 288 g/mol. The minimum Gasteiger partial charge on any atom is -0.430 e. The van der Waals surface area contributed by atoms with E-state index in [1.165, 1.54) is 0 Å².